The van der Waals surface area contributed by atoms with Gasteiger partial charge in [0, 0.05) is 0 Å². The summed E-state index contributed by atoms with van der Waals surface area (Å²) in [5.74, 6) is 0. The summed E-state index contributed by atoms with van der Waals surface area (Å²) in [5, 5.41) is 0. The van der Waals surface area contributed by atoms with Gasteiger partial charge in [-0.25, -0.2) is 0 Å². The van der Waals surface area contributed by atoms with Gasteiger partial charge in [0.15, 0.2) is 0 Å². The van der Waals surface area contributed by atoms with Crippen LogP contribution in [0.25, 0.3) is 0 Å². The maximum atomic E-state index is 2.51. The molecule has 0 unspecified atom stereocenters. The fourth-order valence-electron chi connectivity index (χ4n) is 6.75. The number of rotatable bonds is 0. The van der Waals surface area contributed by atoms with Gasteiger partial charge >= 0.3 is 116 Å². The molecule has 0 heterocycles. The monoisotopic (exact) mass is 436 g/mol. The fraction of sp³-hybridized carbons (Fsp3) is 1.00. The summed E-state index contributed by atoms with van der Waals surface area (Å²) in [6.45, 7) is 30.1. The van der Waals surface area contributed by atoms with E-state index in [-0.39, 0.29) is 0 Å². The maximum absolute atomic E-state index is 2.71. The first-order valence-corrected chi connectivity index (χ1v) is 14.8. The molecule has 0 bridgehead atoms. The van der Waals surface area contributed by atoms with E-state index in [1.54, 1.807) is 0 Å². The molecule has 0 aromatic heterocycles. The normalized spacial score (nSPS) is 16.2. The second kappa shape index (κ2) is 4.49. The first-order chi connectivity index (χ1) is 7.00. The Hall–Kier alpha value is 0.922. The van der Waals surface area contributed by atoms with Crippen LogP contribution in [0.3, 0.4) is 0 Å². The molecule has 0 aromatic rings. The van der Waals surface area contributed by atoms with Crippen molar-refractivity contribution in [2.24, 2.45) is 0 Å². The van der Waals surface area contributed by atoms with Crippen LogP contribution in [0.1, 0.15) is 83.1 Å². The van der Waals surface area contributed by atoms with Crippen LogP contribution in [0.4, 0.5) is 0 Å². The van der Waals surface area contributed by atoms with Crippen LogP contribution in [0.2, 0.25) is 11.9 Å². The zero-order valence-electron chi connectivity index (χ0n) is 14.5. The summed E-state index contributed by atoms with van der Waals surface area (Å²) >= 11 is -2.71. The molecule has 0 atom stereocenters. The van der Waals surface area contributed by atoms with E-state index in [0.29, 0.717) is 11.9 Å². The van der Waals surface area contributed by atoms with Gasteiger partial charge in [0.2, 0.25) is 0 Å². The Labute approximate surface area is 116 Å². The molecule has 17 heavy (non-hydrogen) atoms. The predicted molar refractivity (Wildman–Crippen MR) is 84.6 cm³/mol. The van der Waals surface area contributed by atoms with Gasteiger partial charge in [-0.2, -0.15) is 0 Å². The Bertz CT molecular complexity index is 198. The molecule has 0 aliphatic heterocycles. The quantitative estimate of drug-likeness (QED) is 0.374. The van der Waals surface area contributed by atoms with Crippen LogP contribution in [0, 0.1) is 0 Å². The third-order valence-corrected chi connectivity index (χ3v) is 39.5. The minimum absolute atomic E-state index is 0.488. The van der Waals surface area contributed by atoms with Crippen molar-refractivity contribution < 1.29 is 0 Å². The molecule has 0 amide bonds. The molecule has 0 saturated heterocycles. The molecule has 0 rings (SSSR count). The fourth-order valence-corrected chi connectivity index (χ4v) is 59.2. The van der Waals surface area contributed by atoms with E-state index in [4.69, 9.17) is 0 Å². The molecular formula is C16H36Pb. The molecule has 0 nitrogen and oxygen atoms in total. The molecule has 0 aliphatic rings. The number of hydrogen-bond acceptors (Lipinski definition) is 0. The van der Waals surface area contributed by atoms with Crippen LogP contribution in [-0.2, 0) is 0 Å². The van der Waals surface area contributed by atoms with Crippen LogP contribution >= 0.6 is 0 Å². The van der Waals surface area contributed by atoms with E-state index in [1.807, 2.05) is 0 Å². The van der Waals surface area contributed by atoms with Crippen molar-refractivity contribution >= 4 is 21.2 Å². The molecule has 0 saturated carbocycles. The SMILES string of the molecule is C[C](C)(C)[Pb]([C](C)(C)C)([C](C)(C)C)[C](C)(C)C. The molecule has 104 valence electrons. The van der Waals surface area contributed by atoms with Crippen LogP contribution in [-0.4, -0.2) is 21.2 Å². The second-order valence-corrected chi connectivity index (χ2v) is 38.9. The summed E-state index contributed by atoms with van der Waals surface area (Å²) in [7, 11) is 0. The van der Waals surface area contributed by atoms with Gasteiger partial charge in [-0.05, 0) is 0 Å². The van der Waals surface area contributed by atoms with Gasteiger partial charge < -0.3 is 0 Å². The second-order valence-electron chi connectivity index (χ2n) is 9.75. The van der Waals surface area contributed by atoms with E-state index in [0.717, 1.165) is 0 Å². The van der Waals surface area contributed by atoms with Crippen molar-refractivity contribution in [1.29, 1.82) is 0 Å². The molecule has 0 radical (unpaired) electrons. The van der Waals surface area contributed by atoms with Gasteiger partial charge in [0.25, 0.3) is 0 Å². The molecular weight excluding hydrogens is 399 g/mol. The summed E-state index contributed by atoms with van der Waals surface area (Å²) in [6, 6.07) is 0. The van der Waals surface area contributed by atoms with Crippen LogP contribution < -0.4 is 0 Å². The first-order valence-electron chi connectivity index (χ1n) is 7.00. The number of hydrogen-bond donors (Lipinski definition) is 0. The molecule has 0 fully saturated rings. The van der Waals surface area contributed by atoms with Gasteiger partial charge in [-0.3, -0.25) is 0 Å². The summed E-state index contributed by atoms with van der Waals surface area (Å²) in [4.78, 5) is 0. The zero-order valence-corrected chi connectivity index (χ0v) is 18.4. The van der Waals surface area contributed by atoms with Crippen molar-refractivity contribution in [3.8, 4) is 0 Å². The summed E-state index contributed by atoms with van der Waals surface area (Å²) in [5.41, 5.74) is 0. The molecule has 0 aliphatic carbocycles. The van der Waals surface area contributed by atoms with E-state index >= 15 is 0 Å². The molecule has 0 aromatic carbocycles. The van der Waals surface area contributed by atoms with Crippen molar-refractivity contribution in [3.63, 3.8) is 0 Å². The van der Waals surface area contributed by atoms with Gasteiger partial charge in [-0.15, -0.1) is 0 Å². The Morgan fingerprint density at radius 2 is 0.471 bits per heavy atom. The Morgan fingerprint density at radius 1 is 0.353 bits per heavy atom. The van der Waals surface area contributed by atoms with Crippen molar-refractivity contribution in [1.82, 2.24) is 0 Å². The zero-order chi connectivity index (χ0) is 14.5. The Balaban J connectivity index is 6.37. The van der Waals surface area contributed by atoms with E-state index in [9.17, 15) is 0 Å². The van der Waals surface area contributed by atoms with E-state index < -0.39 is 21.2 Å². The van der Waals surface area contributed by atoms with Crippen molar-refractivity contribution in [2.75, 3.05) is 0 Å². The third kappa shape index (κ3) is 2.76. The van der Waals surface area contributed by atoms with Gasteiger partial charge in [0.1, 0.15) is 0 Å². The Kier molecular flexibility index (Phi) is 4.73. The van der Waals surface area contributed by atoms with E-state index in [2.05, 4.69) is 83.1 Å². The third-order valence-electron chi connectivity index (χ3n) is 4.50. The van der Waals surface area contributed by atoms with Gasteiger partial charge in [-0.1, -0.05) is 0 Å². The van der Waals surface area contributed by atoms with Crippen LogP contribution in [0.15, 0.2) is 0 Å². The Morgan fingerprint density at radius 3 is 0.471 bits per heavy atom. The van der Waals surface area contributed by atoms with E-state index in [1.165, 1.54) is 0 Å². The standard InChI is InChI=1S/4C4H9.Pb/c4*1-4(2)3;/h4*1-3H3;. The summed E-state index contributed by atoms with van der Waals surface area (Å²) in [6.07, 6.45) is 0. The predicted octanol–water partition coefficient (Wildman–Crippen LogP) is 6.64. The first kappa shape index (κ1) is 17.9. The van der Waals surface area contributed by atoms with Crippen LogP contribution in [0.5, 0.6) is 0 Å². The van der Waals surface area contributed by atoms with Crippen molar-refractivity contribution in [2.45, 2.75) is 95.0 Å². The summed E-state index contributed by atoms with van der Waals surface area (Å²) < 4.78 is 1.95. The molecule has 1 heteroatoms. The van der Waals surface area contributed by atoms with Crippen molar-refractivity contribution in [3.05, 3.63) is 0 Å². The topological polar surface area (TPSA) is 0 Å². The van der Waals surface area contributed by atoms with Gasteiger partial charge in [0.05, 0.1) is 0 Å². The molecule has 0 N–H and O–H groups in total. The average Bonchev–Trinajstić information content (AvgIpc) is 1.67. The average molecular weight is 436 g/mol. The minimum atomic E-state index is -2.71. The molecule has 0 spiro atoms.